The van der Waals surface area contributed by atoms with Gasteiger partial charge in [-0.2, -0.15) is 0 Å². The summed E-state index contributed by atoms with van der Waals surface area (Å²) in [6.07, 6.45) is 7.08. The third kappa shape index (κ3) is 7.71. The zero-order chi connectivity index (χ0) is 15.3. The highest BCUT2D eigenvalue weighted by molar-refractivity contribution is 5.89. The fourth-order valence-electron chi connectivity index (χ4n) is 2.05. The van der Waals surface area contributed by atoms with E-state index in [9.17, 15) is 4.79 Å². The first-order chi connectivity index (χ1) is 10.3. The van der Waals surface area contributed by atoms with Gasteiger partial charge in [0.05, 0.1) is 18.8 Å². The number of rotatable bonds is 11. The van der Waals surface area contributed by atoms with Crippen LogP contribution < -0.4 is 5.32 Å². The zero-order valence-corrected chi connectivity index (χ0v) is 12.9. The largest absolute Gasteiger partial charge is 0.462 e. The molecular formula is C17H27NO3. The van der Waals surface area contributed by atoms with Crippen LogP contribution in [0.2, 0.25) is 0 Å². The van der Waals surface area contributed by atoms with Gasteiger partial charge in [0.25, 0.3) is 0 Å². The number of aliphatic hydroxyl groups is 1. The molecule has 21 heavy (non-hydrogen) atoms. The summed E-state index contributed by atoms with van der Waals surface area (Å²) in [6, 6.07) is 7.11. The van der Waals surface area contributed by atoms with Gasteiger partial charge in [-0.3, -0.25) is 0 Å². The third-order valence-electron chi connectivity index (χ3n) is 3.29. The molecule has 1 aromatic rings. The Balaban J connectivity index is 2.19. The molecule has 1 aromatic carbocycles. The van der Waals surface area contributed by atoms with Crippen LogP contribution in [0.25, 0.3) is 0 Å². The second-order valence-electron chi connectivity index (χ2n) is 5.13. The molecule has 118 valence electrons. The van der Waals surface area contributed by atoms with E-state index in [0.717, 1.165) is 18.5 Å². The second kappa shape index (κ2) is 11.1. The summed E-state index contributed by atoms with van der Waals surface area (Å²) in [5.74, 6) is -0.266. The monoisotopic (exact) mass is 293 g/mol. The van der Waals surface area contributed by atoms with Crippen LogP contribution in [0, 0.1) is 0 Å². The molecule has 2 N–H and O–H groups in total. The summed E-state index contributed by atoms with van der Waals surface area (Å²) < 4.78 is 5.26. The van der Waals surface area contributed by atoms with E-state index in [4.69, 9.17) is 9.84 Å². The normalized spacial score (nSPS) is 10.4. The number of unbranched alkanes of at least 4 members (excludes halogenated alkanes) is 5. The molecule has 4 nitrogen and oxygen atoms in total. The quantitative estimate of drug-likeness (QED) is 0.483. The van der Waals surface area contributed by atoms with Crippen molar-refractivity contribution < 1.29 is 14.6 Å². The summed E-state index contributed by atoms with van der Waals surface area (Å²) >= 11 is 0. The lowest BCUT2D eigenvalue weighted by atomic mass is 10.1. The predicted molar refractivity (Wildman–Crippen MR) is 85.7 cm³/mol. The van der Waals surface area contributed by atoms with Crippen molar-refractivity contribution in [2.24, 2.45) is 0 Å². The summed E-state index contributed by atoms with van der Waals surface area (Å²) in [7, 11) is 0. The van der Waals surface area contributed by atoms with E-state index in [-0.39, 0.29) is 12.6 Å². The molecule has 0 saturated carbocycles. The lowest BCUT2D eigenvalue weighted by molar-refractivity contribution is 0.0497. The first-order valence-electron chi connectivity index (χ1n) is 7.90. The number of hydrogen-bond acceptors (Lipinski definition) is 4. The minimum atomic E-state index is -0.266. The molecule has 0 aliphatic rings. The highest BCUT2D eigenvalue weighted by Crippen LogP contribution is 2.11. The minimum absolute atomic E-state index is 0.0854. The maximum atomic E-state index is 11.8. The standard InChI is InChI=1S/C17H27NO3/c1-2-3-4-5-6-7-14-21-17(20)15-8-10-16(11-9-15)18-12-13-19/h8-11,18-19H,2-7,12-14H2,1H3. The van der Waals surface area contributed by atoms with Gasteiger partial charge in [0.15, 0.2) is 0 Å². The Bertz CT molecular complexity index is 390. The van der Waals surface area contributed by atoms with Crippen LogP contribution in [0.5, 0.6) is 0 Å². The van der Waals surface area contributed by atoms with Crippen molar-refractivity contribution in [1.29, 1.82) is 0 Å². The summed E-state index contributed by atoms with van der Waals surface area (Å²) in [5.41, 5.74) is 1.45. The number of ether oxygens (including phenoxy) is 1. The molecule has 0 spiro atoms. The topological polar surface area (TPSA) is 58.6 Å². The van der Waals surface area contributed by atoms with Crippen LogP contribution in [0.1, 0.15) is 55.8 Å². The van der Waals surface area contributed by atoms with E-state index in [1.54, 1.807) is 12.1 Å². The Morgan fingerprint density at radius 3 is 2.43 bits per heavy atom. The fraction of sp³-hybridized carbons (Fsp3) is 0.588. The van der Waals surface area contributed by atoms with E-state index in [2.05, 4.69) is 12.2 Å². The maximum absolute atomic E-state index is 11.8. The Morgan fingerprint density at radius 1 is 1.10 bits per heavy atom. The molecule has 0 saturated heterocycles. The van der Waals surface area contributed by atoms with E-state index < -0.39 is 0 Å². The molecule has 1 rings (SSSR count). The molecule has 0 radical (unpaired) electrons. The first-order valence-corrected chi connectivity index (χ1v) is 7.90. The molecule has 4 heteroatoms. The number of anilines is 1. The summed E-state index contributed by atoms with van der Waals surface area (Å²) in [6.45, 7) is 3.28. The van der Waals surface area contributed by atoms with Crippen molar-refractivity contribution >= 4 is 11.7 Å². The molecule has 0 aromatic heterocycles. The number of nitrogens with one attached hydrogen (secondary N) is 1. The van der Waals surface area contributed by atoms with Gasteiger partial charge in [0.2, 0.25) is 0 Å². The van der Waals surface area contributed by atoms with Gasteiger partial charge in [0, 0.05) is 12.2 Å². The van der Waals surface area contributed by atoms with Gasteiger partial charge in [0.1, 0.15) is 0 Å². The number of carbonyl (C=O) groups is 1. The van der Waals surface area contributed by atoms with Gasteiger partial charge in [-0.05, 0) is 30.7 Å². The predicted octanol–water partition coefficient (Wildman–Crippen LogP) is 3.61. The Morgan fingerprint density at radius 2 is 1.76 bits per heavy atom. The fourth-order valence-corrected chi connectivity index (χ4v) is 2.05. The summed E-state index contributed by atoms with van der Waals surface area (Å²) in [4.78, 5) is 11.8. The van der Waals surface area contributed by atoms with Crippen LogP contribution in [0.4, 0.5) is 5.69 Å². The van der Waals surface area contributed by atoms with Crippen LogP contribution in [-0.4, -0.2) is 30.8 Å². The zero-order valence-electron chi connectivity index (χ0n) is 12.9. The molecule has 0 aliphatic heterocycles. The maximum Gasteiger partial charge on any atom is 0.338 e. The highest BCUT2D eigenvalue weighted by atomic mass is 16.5. The van der Waals surface area contributed by atoms with Crippen LogP contribution in [0.3, 0.4) is 0 Å². The highest BCUT2D eigenvalue weighted by Gasteiger charge is 2.06. The van der Waals surface area contributed by atoms with E-state index >= 15 is 0 Å². The minimum Gasteiger partial charge on any atom is -0.462 e. The van der Waals surface area contributed by atoms with E-state index in [1.165, 1.54) is 25.7 Å². The van der Waals surface area contributed by atoms with Crippen LogP contribution >= 0.6 is 0 Å². The number of benzene rings is 1. The van der Waals surface area contributed by atoms with Gasteiger partial charge >= 0.3 is 5.97 Å². The van der Waals surface area contributed by atoms with Crippen molar-refractivity contribution in [3.8, 4) is 0 Å². The Labute approximate surface area is 127 Å². The van der Waals surface area contributed by atoms with Gasteiger partial charge in [-0.15, -0.1) is 0 Å². The van der Waals surface area contributed by atoms with Crippen molar-refractivity contribution in [2.75, 3.05) is 25.1 Å². The molecule has 0 unspecified atom stereocenters. The van der Waals surface area contributed by atoms with Crippen molar-refractivity contribution in [1.82, 2.24) is 0 Å². The second-order valence-corrected chi connectivity index (χ2v) is 5.13. The van der Waals surface area contributed by atoms with Crippen molar-refractivity contribution in [2.45, 2.75) is 45.4 Å². The number of hydrogen-bond donors (Lipinski definition) is 2. The van der Waals surface area contributed by atoms with Crippen molar-refractivity contribution in [3.05, 3.63) is 29.8 Å². The molecular weight excluding hydrogens is 266 g/mol. The average molecular weight is 293 g/mol. The molecule has 0 fully saturated rings. The summed E-state index contributed by atoms with van der Waals surface area (Å²) in [5, 5.41) is 11.8. The lowest BCUT2D eigenvalue weighted by Crippen LogP contribution is -2.08. The van der Waals surface area contributed by atoms with Gasteiger partial charge in [-0.25, -0.2) is 4.79 Å². The molecule has 0 aliphatic carbocycles. The molecule has 0 heterocycles. The Hall–Kier alpha value is -1.55. The van der Waals surface area contributed by atoms with Crippen LogP contribution in [0.15, 0.2) is 24.3 Å². The van der Waals surface area contributed by atoms with Gasteiger partial charge < -0.3 is 15.2 Å². The Kier molecular flexibility index (Phi) is 9.29. The average Bonchev–Trinajstić information content (AvgIpc) is 2.52. The first kappa shape index (κ1) is 17.5. The molecule has 0 atom stereocenters. The number of aliphatic hydroxyl groups excluding tert-OH is 1. The van der Waals surface area contributed by atoms with Gasteiger partial charge in [-0.1, -0.05) is 39.0 Å². The smallest absolute Gasteiger partial charge is 0.338 e. The number of carbonyl (C=O) groups excluding carboxylic acids is 1. The lowest BCUT2D eigenvalue weighted by Gasteiger charge is -2.07. The van der Waals surface area contributed by atoms with Crippen molar-refractivity contribution in [3.63, 3.8) is 0 Å². The number of esters is 1. The third-order valence-corrected chi connectivity index (χ3v) is 3.29. The van der Waals surface area contributed by atoms with E-state index in [0.29, 0.717) is 18.7 Å². The van der Waals surface area contributed by atoms with Crippen LogP contribution in [-0.2, 0) is 4.74 Å². The molecule has 0 amide bonds. The van der Waals surface area contributed by atoms with E-state index in [1.807, 2.05) is 12.1 Å². The SMILES string of the molecule is CCCCCCCCOC(=O)c1ccc(NCCO)cc1. The molecule has 0 bridgehead atoms.